The predicted octanol–water partition coefficient (Wildman–Crippen LogP) is 5.57. The molecule has 0 radical (unpaired) electrons. The van der Waals surface area contributed by atoms with Crippen molar-refractivity contribution in [2.45, 2.75) is 25.8 Å². The summed E-state index contributed by atoms with van der Waals surface area (Å²) in [6.45, 7) is 0.0682. The number of nitrogens with zero attached hydrogens (tertiary/aromatic N) is 1. The van der Waals surface area contributed by atoms with Crippen molar-refractivity contribution in [3.05, 3.63) is 124 Å². The molecule has 0 aliphatic heterocycles. The highest BCUT2D eigenvalue weighted by Gasteiger charge is 2.18. The van der Waals surface area contributed by atoms with Crippen LogP contribution in [-0.2, 0) is 34.1 Å². The lowest BCUT2D eigenvalue weighted by atomic mass is 10.0. The van der Waals surface area contributed by atoms with E-state index in [1.807, 2.05) is 60.7 Å². The Morgan fingerprint density at radius 2 is 1.57 bits per heavy atom. The zero-order valence-corrected chi connectivity index (χ0v) is 26.5. The Kier molecular flexibility index (Phi) is 14.2. The maximum absolute atomic E-state index is 11.3. The number of aliphatic carboxylic acids is 3. The van der Waals surface area contributed by atoms with E-state index in [4.69, 9.17) is 31.3 Å². The molecule has 240 valence electrons. The van der Waals surface area contributed by atoms with Crippen molar-refractivity contribution in [2.75, 3.05) is 6.61 Å². The van der Waals surface area contributed by atoms with Crippen LogP contribution in [-0.4, -0.2) is 56.0 Å². The fourth-order valence-electron chi connectivity index (χ4n) is 3.90. The van der Waals surface area contributed by atoms with Crippen LogP contribution in [0.15, 0.2) is 102 Å². The highest BCUT2D eigenvalue weighted by molar-refractivity contribution is 9.10. The summed E-state index contributed by atoms with van der Waals surface area (Å²) in [5.74, 6) is -2.77. The van der Waals surface area contributed by atoms with Crippen molar-refractivity contribution < 1.29 is 44.3 Å². The van der Waals surface area contributed by atoms with Gasteiger partial charge in [-0.05, 0) is 39.2 Å². The summed E-state index contributed by atoms with van der Waals surface area (Å²) in [6.07, 6.45) is 4.50. The Balaban J connectivity index is 0.000000637. The summed E-state index contributed by atoms with van der Waals surface area (Å²) < 4.78 is 13.1. The third kappa shape index (κ3) is 11.3. The van der Waals surface area contributed by atoms with E-state index in [1.54, 1.807) is 24.5 Å². The minimum absolute atomic E-state index is 0.116. The molecule has 5 N–H and O–H groups in total. The molecule has 0 fully saturated rings. The molecule has 0 saturated carbocycles. The van der Waals surface area contributed by atoms with E-state index in [1.165, 1.54) is 0 Å². The molecule has 4 rings (SSSR count). The zero-order chi connectivity index (χ0) is 33.5. The van der Waals surface area contributed by atoms with Gasteiger partial charge in [-0.3, -0.25) is 15.1 Å². The smallest absolute Gasteiger partial charge is 0.328 e. The molecule has 0 saturated heterocycles. The molecule has 4 aromatic rings. The van der Waals surface area contributed by atoms with Crippen LogP contribution in [0.25, 0.3) is 11.1 Å². The molecule has 1 aromatic heterocycles. The van der Waals surface area contributed by atoms with Gasteiger partial charge >= 0.3 is 17.9 Å². The molecule has 46 heavy (non-hydrogen) atoms. The molecule has 0 aliphatic carbocycles. The number of rotatable bonds is 14. The van der Waals surface area contributed by atoms with Gasteiger partial charge in [-0.2, -0.15) is 0 Å². The molecule has 0 amide bonds. The van der Waals surface area contributed by atoms with Gasteiger partial charge in [-0.1, -0.05) is 66.2 Å². The van der Waals surface area contributed by atoms with E-state index in [-0.39, 0.29) is 19.8 Å². The summed E-state index contributed by atoms with van der Waals surface area (Å²) in [7, 11) is 0. The van der Waals surface area contributed by atoms with Crippen molar-refractivity contribution in [1.29, 1.82) is 0 Å². The summed E-state index contributed by atoms with van der Waals surface area (Å²) in [5.41, 5.74) is 4.57. The number of pyridine rings is 1. The Bertz CT molecular complexity index is 1640. The zero-order valence-electron chi connectivity index (χ0n) is 24.2. The number of hydrogen-bond donors (Lipinski definition) is 5. The second kappa shape index (κ2) is 18.3. The van der Waals surface area contributed by atoms with Crippen molar-refractivity contribution >= 4 is 45.4 Å². The van der Waals surface area contributed by atoms with E-state index < -0.39 is 30.6 Å². The molecular formula is C33H30BrClN2O9. The lowest BCUT2D eigenvalue weighted by Gasteiger charge is -2.18. The number of ether oxygens (including phenoxy) is 2. The first kappa shape index (κ1) is 35.7. The predicted molar refractivity (Wildman–Crippen MR) is 174 cm³/mol. The van der Waals surface area contributed by atoms with E-state index >= 15 is 0 Å². The molecular weight excluding hydrogens is 684 g/mol. The molecule has 0 aliphatic rings. The van der Waals surface area contributed by atoms with Gasteiger partial charge in [0, 0.05) is 58.3 Å². The number of hydrogen-bond acceptors (Lipinski definition) is 8. The minimum atomic E-state index is -1.26. The molecule has 11 nitrogen and oxygen atoms in total. The quantitative estimate of drug-likeness (QED) is 0.103. The normalized spacial score (nSPS) is 11.3. The van der Waals surface area contributed by atoms with Gasteiger partial charge in [0.1, 0.15) is 30.8 Å². The topological polar surface area (TPSA) is 176 Å². The van der Waals surface area contributed by atoms with Crippen LogP contribution >= 0.6 is 27.5 Å². The highest BCUT2D eigenvalue weighted by Crippen LogP contribution is 2.36. The van der Waals surface area contributed by atoms with E-state index in [0.717, 1.165) is 26.7 Å². The van der Waals surface area contributed by atoms with E-state index in [9.17, 15) is 24.6 Å². The number of aromatic nitrogens is 1. The first-order chi connectivity index (χ1) is 22.1. The Hall–Kier alpha value is -4.75. The maximum Gasteiger partial charge on any atom is 0.328 e. The molecule has 1 heterocycles. The number of carboxylic acids is 3. The number of carbonyl (C=O) groups is 3. The van der Waals surface area contributed by atoms with Crippen LogP contribution in [0.5, 0.6) is 11.5 Å². The van der Waals surface area contributed by atoms with E-state index in [2.05, 4.69) is 26.2 Å². The summed E-state index contributed by atoms with van der Waals surface area (Å²) in [5, 5.41) is 37.4. The second-order valence-electron chi connectivity index (χ2n) is 9.44. The van der Waals surface area contributed by atoms with Crippen LogP contribution in [0.4, 0.5) is 0 Å². The van der Waals surface area contributed by atoms with Gasteiger partial charge in [-0.25, -0.2) is 9.59 Å². The number of aliphatic hydroxyl groups is 1. The number of nitrogens with one attached hydrogen (secondary N) is 1. The van der Waals surface area contributed by atoms with Gasteiger partial charge in [0.15, 0.2) is 0 Å². The lowest BCUT2D eigenvalue weighted by Crippen LogP contribution is -2.39. The number of benzene rings is 3. The van der Waals surface area contributed by atoms with Gasteiger partial charge in [0.2, 0.25) is 0 Å². The molecule has 3 aromatic carbocycles. The highest BCUT2D eigenvalue weighted by atomic mass is 79.9. The van der Waals surface area contributed by atoms with Crippen LogP contribution in [0.1, 0.15) is 16.7 Å². The van der Waals surface area contributed by atoms with Gasteiger partial charge in [-0.15, -0.1) is 0 Å². The number of carboxylic acid groups (broad SMARTS) is 3. The Labute approximate surface area is 277 Å². The number of aliphatic hydroxyl groups excluding tert-OH is 1. The molecule has 0 spiro atoms. The van der Waals surface area contributed by atoms with Crippen LogP contribution in [0.2, 0.25) is 5.02 Å². The molecule has 1 atom stereocenters. The maximum atomic E-state index is 11.3. The van der Waals surface area contributed by atoms with Crippen LogP contribution in [0.3, 0.4) is 0 Å². The number of halogens is 2. The standard InChI is InChI=1S/C29H26BrClN2O5.C4H4O4/c30-28-21(9-4-10-23(28)20-7-2-1-3-8-20)18-38-27-13-26(37-17-19-6-5-11-32-14-19)22(12-24(27)31)15-33-25(16-34)29(35)36;5-3(6)1-2-4(7)8/h1-14,25,33-34H,15-18H2,(H,35,36);1-2H,(H,5,6)(H,7,8)/b;2-1-. The molecule has 0 bridgehead atoms. The summed E-state index contributed by atoms with van der Waals surface area (Å²) >= 11 is 10.3. The SMILES string of the molecule is O=C(O)/C=C\C(=O)O.O=C(O)C(CO)NCc1cc(Cl)c(OCc2cccc(-c3ccccc3)c2Br)cc1OCc1cccnc1. The first-order valence-electron chi connectivity index (χ1n) is 13.6. The van der Waals surface area contributed by atoms with Crippen LogP contribution < -0.4 is 14.8 Å². The lowest BCUT2D eigenvalue weighted by molar-refractivity contribution is -0.140. The minimum Gasteiger partial charge on any atom is -0.488 e. The van der Waals surface area contributed by atoms with Crippen LogP contribution in [0, 0.1) is 0 Å². The Morgan fingerprint density at radius 1 is 0.870 bits per heavy atom. The van der Waals surface area contributed by atoms with Gasteiger partial charge in [0.05, 0.1) is 11.6 Å². The average molecular weight is 714 g/mol. The Morgan fingerprint density at radius 3 is 2.17 bits per heavy atom. The fraction of sp³-hybridized carbons (Fsp3) is 0.152. The fourth-order valence-corrected chi connectivity index (χ4v) is 4.75. The monoisotopic (exact) mass is 712 g/mol. The van der Waals surface area contributed by atoms with Gasteiger partial charge in [0.25, 0.3) is 0 Å². The van der Waals surface area contributed by atoms with Crippen molar-refractivity contribution in [3.63, 3.8) is 0 Å². The molecule has 13 heteroatoms. The first-order valence-corrected chi connectivity index (χ1v) is 14.8. The van der Waals surface area contributed by atoms with E-state index in [0.29, 0.717) is 34.2 Å². The van der Waals surface area contributed by atoms with Crippen molar-refractivity contribution in [2.24, 2.45) is 0 Å². The summed E-state index contributed by atoms with van der Waals surface area (Å²) in [6, 6.07) is 22.0. The van der Waals surface area contributed by atoms with Crippen molar-refractivity contribution in [3.8, 4) is 22.6 Å². The third-order valence-corrected chi connectivity index (χ3v) is 7.40. The second-order valence-corrected chi connectivity index (χ2v) is 10.6. The average Bonchev–Trinajstić information content (AvgIpc) is 3.04. The third-order valence-electron chi connectivity index (χ3n) is 6.17. The summed E-state index contributed by atoms with van der Waals surface area (Å²) in [4.78, 5) is 34.5. The molecule has 1 unspecified atom stereocenters. The van der Waals surface area contributed by atoms with Gasteiger partial charge < -0.3 is 29.9 Å². The largest absolute Gasteiger partial charge is 0.488 e. The van der Waals surface area contributed by atoms with Crippen molar-refractivity contribution in [1.82, 2.24) is 10.3 Å².